The zero-order chi connectivity index (χ0) is 22.8. The van der Waals surface area contributed by atoms with E-state index in [1.807, 2.05) is 32.0 Å². The molecule has 2 heterocycles. The van der Waals surface area contributed by atoms with Crippen molar-refractivity contribution in [1.82, 2.24) is 15.1 Å². The molecule has 2 amide bonds. The van der Waals surface area contributed by atoms with Crippen LogP contribution in [0, 0.1) is 13.8 Å². The van der Waals surface area contributed by atoms with Gasteiger partial charge in [0.2, 0.25) is 5.91 Å². The van der Waals surface area contributed by atoms with E-state index >= 15 is 0 Å². The molecule has 166 valence electrons. The molecule has 0 saturated heterocycles. The zero-order valence-corrected chi connectivity index (χ0v) is 18.5. The fourth-order valence-corrected chi connectivity index (χ4v) is 3.78. The van der Waals surface area contributed by atoms with Gasteiger partial charge in [-0.15, -0.1) is 0 Å². The number of amides is 2. The van der Waals surface area contributed by atoms with Gasteiger partial charge in [0.25, 0.3) is 5.91 Å². The molecule has 0 saturated carbocycles. The van der Waals surface area contributed by atoms with E-state index in [4.69, 9.17) is 9.47 Å². The molecule has 1 aromatic carbocycles. The van der Waals surface area contributed by atoms with Gasteiger partial charge >= 0.3 is 5.97 Å². The number of aryl methyl sites for hydroxylation is 2. The summed E-state index contributed by atoms with van der Waals surface area (Å²) in [5.74, 6) is -1.36. The third kappa shape index (κ3) is 4.18. The van der Waals surface area contributed by atoms with E-state index in [9.17, 15) is 14.4 Å². The average molecular weight is 428 g/mol. The maximum Gasteiger partial charge on any atom is 0.358 e. The minimum atomic E-state index is -1.27. The Hall–Kier alpha value is -3.20. The van der Waals surface area contributed by atoms with E-state index in [1.54, 1.807) is 21.0 Å². The van der Waals surface area contributed by atoms with Crippen LogP contribution in [-0.2, 0) is 20.8 Å². The predicted octanol–water partition coefficient (Wildman–Crippen LogP) is 1.86. The van der Waals surface area contributed by atoms with Gasteiger partial charge in [0, 0.05) is 25.4 Å². The number of rotatable bonds is 7. The van der Waals surface area contributed by atoms with Gasteiger partial charge in [0.05, 0.1) is 19.8 Å². The Morgan fingerprint density at radius 2 is 2.00 bits per heavy atom. The van der Waals surface area contributed by atoms with Crippen LogP contribution < -0.4 is 10.2 Å². The third-order valence-electron chi connectivity index (χ3n) is 5.31. The molecular weight excluding hydrogens is 400 g/mol. The van der Waals surface area contributed by atoms with E-state index in [1.165, 1.54) is 15.6 Å². The lowest BCUT2D eigenvalue weighted by molar-refractivity contribution is -0.126. The summed E-state index contributed by atoms with van der Waals surface area (Å²) in [6.45, 7) is 8.19. The van der Waals surface area contributed by atoms with Crippen LogP contribution in [0.4, 0.5) is 5.69 Å². The van der Waals surface area contributed by atoms with Gasteiger partial charge < -0.3 is 14.8 Å². The second-order valence-corrected chi connectivity index (χ2v) is 7.75. The summed E-state index contributed by atoms with van der Waals surface area (Å²) in [4.78, 5) is 40.5. The Bertz CT molecular complexity index is 1020. The fourth-order valence-electron chi connectivity index (χ4n) is 3.78. The van der Waals surface area contributed by atoms with Crippen LogP contribution in [0.5, 0.6) is 0 Å². The van der Waals surface area contributed by atoms with Crippen molar-refractivity contribution in [2.45, 2.75) is 39.8 Å². The summed E-state index contributed by atoms with van der Waals surface area (Å²) in [7, 11) is 1.55. The molecule has 1 aromatic heterocycles. The van der Waals surface area contributed by atoms with Crippen LogP contribution in [0.1, 0.15) is 46.0 Å². The second kappa shape index (κ2) is 8.89. The van der Waals surface area contributed by atoms with Crippen molar-refractivity contribution in [1.29, 1.82) is 0 Å². The van der Waals surface area contributed by atoms with Crippen LogP contribution in [0.25, 0.3) is 0 Å². The lowest BCUT2D eigenvalue weighted by Crippen LogP contribution is -2.65. The van der Waals surface area contributed by atoms with Gasteiger partial charge in [-0.05, 0) is 39.3 Å². The van der Waals surface area contributed by atoms with Crippen LogP contribution in [0.15, 0.2) is 24.3 Å². The maximum atomic E-state index is 13.6. The molecule has 0 aliphatic carbocycles. The van der Waals surface area contributed by atoms with Gasteiger partial charge in [0.1, 0.15) is 11.2 Å². The SMILES string of the molecule is CCOC(=O)c1cc2n(n1)C[C@](C)(C(=O)NCCOC)N(c1ccc(C)cc1C)C2=O. The smallest absolute Gasteiger partial charge is 0.358 e. The van der Waals surface area contributed by atoms with Crippen molar-refractivity contribution < 1.29 is 23.9 Å². The summed E-state index contributed by atoms with van der Waals surface area (Å²) in [5, 5.41) is 7.08. The molecule has 9 nitrogen and oxygen atoms in total. The lowest BCUT2D eigenvalue weighted by Gasteiger charge is -2.43. The number of carbonyl (C=O) groups is 3. The van der Waals surface area contributed by atoms with Gasteiger partial charge in [-0.1, -0.05) is 17.7 Å². The Balaban J connectivity index is 2.09. The van der Waals surface area contributed by atoms with E-state index < -0.39 is 17.4 Å². The molecule has 0 radical (unpaired) electrons. The number of hydrogen-bond donors (Lipinski definition) is 1. The number of carbonyl (C=O) groups excluding carboxylic acids is 3. The summed E-state index contributed by atoms with van der Waals surface area (Å²) in [6.07, 6.45) is 0. The van der Waals surface area contributed by atoms with E-state index in [-0.39, 0.29) is 30.4 Å². The van der Waals surface area contributed by atoms with Crippen LogP contribution in [0.3, 0.4) is 0 Å². The Morgan fingerprint density at radius 3 is 2.65 bits per heavy atom. The first-order valence-corrected chi connectivity index (χ1v) is 10.2. The molecule has 3 rings (SSSR count). The number of anilines is 1. The Kier molecular flexibility index (Phi) is 6.45. The topological polar surface area (TPSA) is 103 Å². The molecule has 9 heteroatoms. The van der Waals surface area contributed by atoms with Crippen LogP contribution in [0.2, 0.25) is 0 Å². The molecule has 1 aliphatic rings. The fraction of sp³-hybridized carbons (Fsp3) is 0.455. The molecule has 1 aliphatic heterocycles. The highest BCUT2D eigenvalue weighted by Gasteiger charge is 2.49. The van der Waals surface area contributed by atoms with Gasteiger partial charge in [-0.3, -0.25) is 19.2 Å². The highest BCUT2D eigenvalue weighted by Crippen LogP contribution is 2.35. The van der Waals surface area contributed by atoms with Crippen molar-refractivity contribution in [2.75, 3.05) is 31.8 Å². The van der Waals surface area contributed by atoms with Crippen LogP contribution in [-0.4, -0.2) is 60.0 Å². The van der Waals surface area contributed by atoms with Crippen molar-refractivity contribution in [3.8, 4) is 0 Å². The lowest BCUT2D eigenvalue weighted by atomic mass is 9.93. The molecule has 0 unspecified atom stereocenters. The van der Waals surface area contributed by atoms with Gasteiger partial charge in [0.15, 0.2) is 5.69 Å². The average Bonchev–Trinajstić information content (AvgIpc) is 3.14. The number of fused-ring (bicyclic) bond motifs is 1. The normalized spacial score (nSPS) is 18.0. The molecule has 0 bridgehead atoms. The molecular formula is C22H28N4O5. The Morgan fingerprint density at radius 1 is 1.26 bits per heavy atom. The first-order valence-electron chi connectivity index (χ1n) is 10.2. The second-order valence-electron chi connectivity index (χ2n) is 7.75. The first-order chi connectivity index (χ1) is 14.7. The van der Waals surface area contributed by atoms with E-state index in [0.29, 0.717) is 18.8 Å². The molecule has 1 N–H and O–H groups in total. The number of benzene rings is 1. The summed E-state index contributed by atoms with van der Waals surface area (Å²) in [5.41, 5.74) is 1.54. The number of nitrogens with zero attached hydrogens (tertiary/aromatic N) is 3. The number of esters is 1. The molecule has 1 atom stereocenters. The molecule has 0 spiro atoms. The van der Waals surface area contributed by atoms with E-state index in [0.717, 1.165) is 11.1 Å². The largest absolute Gasteiger partial charge is 0.461 e. The zero-order valence-electron chi connectivity index (χ0n) is 18.5. The molecule has 31 heavy (non-hydrogen) atoms. The number of methoxy groups -OCH3 is 1. The van der Waals surface area contributed by atoms with Gasteiger partial charge in [-0.2, -0.15) is 5.10 Å². The third-order valence-corrected chi connectivity index (χ3v) is 5.31. The minimum absolute atomic E-state index is 0.0369. The number of hydrogen-bond acceptors (Lipinski definition) is 6. The Labute approximate surface area is 181 Å². The quantitative estimate of drug-likeness (QED) is 0.533. The standard InChI is InChI=1S/C22H28N4O5/c1-6-31-20(28)16-12-18-19(27)26(17-8-7-14(2)11-15(17)3)22(4,13-25(18)24-16)21(29)23-9-10-30-5/h7-8,11-12H,6,9-10,13H2,1-5H3,(H,23,29)/t22-/m1/s1. The molecule has 2 aromatic rings. The monoisotopic (exact) mass is 428 g/mol. The number of ether oxygens (including phenoxy) is 2. The summed E-state index contributed by atoms with van der Waals surface area (Å²) in [6, 6.07) is 7.11. The summed E-state index contributed by atoms with van der Waals surface area (Å²) >= 11 is 0. The van der Waals surface area contributed by atoms with Crippen LogP contribution >= 0.6 is 0 Å². The van der Waals surface area contributed by atoms with Crippen molar-refractivity contribution in [3.63, 3.8) is 0 Å². The first kappa shape index (κ1) is 22.5. The van der Waals surface area contributed by atoms with E-state index in [2.05, 4.69) is 10.4 Å². The molecule has 0 fully saturated rings. The highest BCUT2D eigenvalue weighted by atomic mass is 16.5. The van der Waals surface area contributed by atoms with Crippen molar-refractivity contribution in [3.05, 3.63) is 46.8 Å². The number of aromatic nitrogens is 2. The van der Waals surface area contributed by atoms with Crippen molar-refractivity contribution >= 4 is 23.5 Å². The van der Waals surface area contributed by atoms with Gasteiger partial charge in [-0.25, -0.2) is 4.79 Å². The van der Waals surface area contributed by atoms with Crippen molar-refractivity contribution in [2.24, 2.45) is 0 Å². The maximum absolute atomic E-state index is 13.6. The minimum Gasteiger partial charge on any atom is -0.461 e. The summed E-state index contributed by atoms with van der Waals surface area (Å²) < 4.78 is 11.4. The highest BCUT2D eigenvalue weighted by molar-refractivity contribution is 6.12. The number of nitrogens with one attached hydrogen (secondary N) is 1. The predicted molar refractivity (Wildman–Crippen MR) is 114 cm³/mol.